The highest BCUT2D eigenvalue weighted by atomic mass is 35.5. The minimum Gasteiger partial charge on any atom is -0.493 e. The molecule has 121 valence electrons. The van der Waals surface area contributed by atoms with E-state index in [0.717, 1.165) is 25.3 Å². The topological polar surface area (TPSA) is 26.6 Å². The summed E-state index contributed by atoms with van der Waals surface area (Å²) in [5.41, 5.74) is 4.04. The van der Waals surface area contributed by atoms with Crippen molar-refractivity contribution in [3.63, 3.8) is 0 Å². The van der Waals surface area contributed by atoms with Gasteiger partial charge in [-0.25, -0.2) is 5.32 Å². The molecule has 0 spiro atoms. The third-order valence-electron chi connectivity index (χ3n) is 5.27. The van der Waals surface area contributed by atoms with E-state index in [9.17, 15) is 0 Å². The Morgan fingerprint density at radius 2 is 2.18 bits per heavy atom. The van der Waals surface area contributed by atoms with Crippen molar-refractivity contribution in [1.29, 1.82) is 0 Å². The number of nitrogens with zero attached hydrogens (tertiary/aromatic N) is 2. The van der Waals surface area contributed by atoms with Gasteiger partial charge in [0, 0.05) is 37.1 Å². The first-order valence-corrected chi connectivity index (χ1v) is 8.86. The van der Waals surface area contributed by atoms with Gasteiger partial charge in [0.1, 0.15) is 5.75 Å². The van der Waals surface area contributed by atoms with Gasteiger partial charge in [-0.2, -0.15) is 0 Å². The summed E-state index contributed by atoms with van der Waals surface area (Å²) in [4.78, 5) is 2.63. The van der Waals surface area contributed by atoms with Crippen LogP contribution in [0, 0.1) is 13.8 Å². The lowest BCUT2D eigenvalue weighted by molar-refractivity contribution is 0.168. The van der Waals surface area contributed by atoms with Crippen LogP contribution >= 0.6 is 11.6 Å². The van der Waals surface area contributed by atoms with Gasteiger partial charge in [0.15, 0.2) is 0 Å². The Balaban J connectivity index is 1.75. The molecule has 2 aliphatic rings. The van der Waals surface area contributed by atoms with Crippen LogP contribution in [0.2, 0.25) is 0 Å². The molecule has 3 atom stereocenters. The second-order valence-electron chi connectivity index (χ2n) is 6.58. The van der Waals surface area contributed by atoms with Gasteiger partial charge in [-0.3, -0.25) is 4.90 Å². The summed E-state index contributed by atoms with van der Waals surface area (Å²) >= 11 is 5.72. The van der Waals surface area contributed by atoms with Crippen molar-refractivity contribution in [2.75, 3.05) is 25.6 Å². The Morgan fingerprint density at radius 3 is 2.82 bits per heavy atom. The van der Waals surface area contributed by atoms with Crippen molar-refractivity contribution in [3.05, 3.63) is 28.8 Å². The van der Waals surface area contributed by atoms with E-state index >= 15 is 0 Å². The molecule has 3 rings (SSSR count). The number of fused-ring (bicyclic) bond motifs is 2. The van der Waals surface area contributed by atoms with Crippen LogP contribution in [0.25, 0.3) is 0 Å². The van der Waals surface area contributed by atoms with Crippen LogP contribution in [0.3, 0.4) is 0 Å². The van der Waals surface area contributed by atoms with Crippen LogP contribution in [-0.4, -0.2) is 42.6 Å². The molecular weight excluding hydrogens is 296 g/mol. The van der Waals surface area contributed by atoms with Gasteiger partial charge in [0.25, 0.3) is 0 Å². The Kier molecular flexibility index (Phi) is 4.96. The molecule has 0 saturated carbocycles. The number of hydrogen-bond acceptors (Lipinski definition) is 2. The molecule has 0 amide bonds. The number of halogens is 1. The molecule has 22 heavy (non-hydrogen) atoms. The normalized spacial score (nSPS) is 25.6. The van der Waals surface area contributed by atoms with Crippen LogP contribution in [0.1, 0.15) is 42.5 Å². The van der Waals surface area contributed by atoms with Crippen LogP contribution in [0.4, 0.5) is 0 Å². The second-order valence-corrected chi connectivity index (χ2v) is 6.95. The summed E-state index contributed by atoms with van der Waals surface area (Å²) in [5, 5.41) is 4.65. The first kappa shape index (κ1) is 16.1. The van der Waals surface area contributed by atoms with Gasteiger partial charge in [0.2, 0.25) is 0 Å². The predicted octanol–water partition coefficient (Wildman–Crippen LogP) is 3.43. The van der Waals surface area contributed by atoms with Crippen molar-refractivity contribution in [2.24, 2.45) is 0 Å². The SMILES string of the molecule is Cc1c(OCCCCl)ccc([C@H](C)N2C[C@@H]3C[C@H]2C[N]3)c1C. The zero-order valence-electron chi connectivity index (χ0n) is 13.8. The number of likely N-dealkylation sites (tertiary alicyclic amines) is 1. The zero-order valence-corrected chi connectivity index (χ0v) is 14.6. The van der Waals surface area contributed by atoms with Gasteiger partial charge in [-0.05, 0) is 56.4 Å². The summed E-state index contributed by atoms with van der Waals surface area (Å²) in [7, 11) is 0. The molecule has 2 bridgehead atoms. The van der Waals surface area contributed by atoms with Crippen LogP contribution in [0.15, 0.2) is 12.1 Å². The maximum absolute atomic E-state index is 5.85. The van der Waals surface area contributed by atoms with Gasteiger partial charge in [-0.1, -0.05) is 6.07 Å². The van der Waals surface area contributed by atoms with E-state index in [1.807, 2.05) is 0 Å². The summed E-state index contributed by atoms with van der Waals surface area (Å²) in [5.74, 6) is 1.65. The molecule has 0 unspecified atom stereocenters. The van der Waals surface area contributed by atoms with Crippen molar-refractivity contribution in [1.82, 2.24) is 10.2 Å². The van der Waals surface area contributed by atoms with E-state index in [0.29, 0.717) is 30.6 Å². The highest BCUT2D eigenvalue weighted by molar-refractivity contribution is 6.17. The van der Waals surface area contributed by atoms with Crippen molar-refractivity contribution in [2.45, 2.75) is 51.7 Å². The zero-order chi connectivity index (χ0) is 15.7. The summed E-state index contributed by atoms with van der Waals surface area (Å²) in [6.07, 6.45) is 2.14. The summed E-state index contributed by atoms with van der Waals surface area (Å²) in [6.45, 7) is 9.54. The van der Waals surface area contributed by atoms with Gasteiger partial charge >= 0.3 is 0 Å². The number of hydrogen-bond donors (Lipinski definition) is 0. The fraction of sp³-hybridized carbons (Fsp3) is 0.667. The first-order chi connectivity index (χ1) is 10.6. The highest BCUT2D eigenvalue weighted by Crippen LogP contribution is 2.36. The second kappa shape index (κ2) is 6.77. The third-order valence-corrected chi connectivity index (χ3v) is 5.54. The standard InChI is InChI=1S/C18H26ClN2O/c1-12-13(2)18(22-8-4-7-19)6-5-17(12)14(3)21-11-15-9-16(21)10-20-15/h5-6,14-16H,4,7-11H2,1-3H3/t14-,15-,16-/m0/s1. The maximum atomic E-state index is 5.85. The Labute approximate surface area is 139 Å². The quantitative estimate of drug-likeness (QED) is 0.593. The molecule has 1 aromatic carbocycles. The average molecular weight is 322 g/mol. The van der Waals surface area contributed by atoms with Crippen molar-refractivity contribution in [3.8, 4) is 5.75 Å². The minimum atomic E-state index is 0.459. The molecular formula is C18H26ClN2O. The lowest BCUT2D eigenvalue weighted by Crippen LogP contribution is -2.41. The van der Waals surface area contributed by atoms with Gasteiger partial charge < -0.3 is 4.74 Å². The molecule has 1 radical (unpaired) electrons. The summed E-state index contributed by atoms with van der Waals surface area (Å²) < 4.78 is 5.85. The number of rotatable bonds is 6. The van der Waals surface area contributed by atoms with E-state index in [4.69, 9.17) is 16.3 Å². The Hall–Kier alpha value is -0.770. The molecule has 4 heteroatoms. The van der Waals surface area contributed by atoms with Crippen molar-refractivity contribution >= 4 is 11.6 Å². The Bertz CT molecular complexity index is 534. The third kappa shape index (κ3) is 2.99. The van der Waals surface area contributed by atoms with E-state index in [1.54, 1.807) is 0 Å². The minimum absolute atomic E-state index is 0.459. The first-order valence-electron chi connectivity index (χ1n) is 8.33. The summed E-state index contributed by atoms with van der Waals surface area (Å²) in [6, 6.07) is 6.06. The number of alkyl halides is 1. The molecule has 0 N–H and O–H groups in total. The fourth-order valence-corrected chi connectivity index (χ4v) is 3.92. The molecule has 2 saturated heterocycles. The number of piperazine rings is 1. The Morgan fingerprint density at radius 1 is 1.36 bits per heavy atom. The van der Waals surface area contributed by atoms with Crippen molar-refractivity contribution < 1.29 is 4.74 Å². The van der Waals surface area contributed by atoms with Crippen LogP contribution in [0.5, 0.6) is 5.75 Å². The fourth-order valence-electron chi connectivity index (χ4n) is 3.81. The van der Waals surface area contributed by atoms with Crippen LogP contribution in [-0.2, 0) is 0 Å². The van der Waals surface area contributed by atoms with Crippen LogP contribution < -0.4 is 10.1 Å². The molecule has 0 aliphatic carbocycles. The van der Waals surface area contributed by atoms with E-state index in [1.165, 1.54) is 23.1 Å². The van der Waals surface area contributed by atoms with Gasteiger partial charge in [-0.15, -0.1) is 11.6 Å². The largest absolute Gasteiger partial charge is 0.493 e. The smallest absolute Gasteiger partial charge is 0.122 e. The number of benzene rings is 1. The lowest BCUT2D eigenvalue weighted by Gasteiger charge is -2.34. The van der Waals surface area contributed by atoms with E-state index < -0.39 is 0 Å². The van der Waals surface area contributed by atoms with E-state index in [2.05, 4.69) is 43.1 Å². The molecule has 2 heterocycles. The van der Waals surface area contributed by atoms with E-state index in [-0.39, 0.29) is 0 Å². The number of ether oxygens (including phenoxy) is 1. The molecule has 1 aromatic rings. The average Bonchev–Trinajstić information content (AvgIpc) is 3.14. The monoisotopic (exact) mass is 321 g/mol. The maximum Gasteiger partial charge on any atom is 0.122 e. The molecule has 2 fully saturated rings. The highest BCUT2D eigenvalue weighted by Gasteiger charge is 2.41. The molecule has 2 aliphatic heterocycles. The lowest BCUT2D eigenvalue weighted by atomic mass is 9.96. The predicted molar refractivity (Wildman–Crippen MR) is 91.1 cm³/mol. The molecule has 0 aromatic heterocycles. The van der Waals surface area contributed by atoms with Gasteiger partial charge in [0.05, 0.1) is 6.61 Å². The molecule has 3 nitrogen and oxygen atoms in total.